The number of nitrogens with one attached hydrogen (secondary N) is 1. The molecule has 1 aliphatic carbocycles. The van der Waals surface area contributed by atoms with Gasteiger partial charge in [-0.05, 0) is 49.9 Å². The van der Waals surface area contributed by atoms with Gasteiger partial charge in [-0.3, -0.25) is 4.99 Å². The predicted molar refractivity (Wildman–Crippen MR) is 91.2 cm³/mol. The van der Waals surface area contributed by atoms with Crippen LogP contribution in [0.4, 0.5) is 0 Å². The fourth-order valence-electron chi connectivity index (χ4n) is 4.41. The molecule has 4 nitrogen and oxygen atoms in total. The van der Waals surface area contributed by atoms with Gasteiger partial charge in [0.2, 0.25) is 0 Å². The fourth-order valence-corrected chi connectivity index (χ4v) is 4.41. The Hall–Kier alpha value is -0.770. The molecule has 0 unspecified atom stereocenters. The Labute approximate surface area is 135 Å². The van der Waals surface area contributed by atoms with Crippen molar-refractivity contribution in [2.24, 2.45) is 15.8 Å². The first-order valence-electron chi connectivity index (χ1n) is 9.26. The van der Waals surface area contributed by atoms with Gasteiger partial charge < -0.3 is 15.0 Å². The van der Waals surface area contributed by atoms with Crippen LogP contribution < -0.4 is 5.32 Å². The van der Waals surface area contributed by atoms with Crippen molar-refractivity contribution in [2.75, 3.05) is 39.4 Å². The molecule has 22 heavy (non-hydrogen) atoms. The second-order valence-electron chi connectivity index (χ2n) is 7.97. The standard InChI is InChI=1S/C18H33N3O/c1-3-19-16(20-14-17(2)6-4-5-7-17)21-11-8-18(15-21)9-12-22-13-10-18/h3-15H2,1-2H3,(H,19,20). The van der Waals surface area contributed by atoms with E-state index < -0.39 is 0 Å². The highest BCUT2D eigenvalue weighted by atomic mass is 16.5. The van der Waals surface area contributed by atoms with Gasteiger partial charge in [-0.15, -0.1) is 0 Å². The molecule has 0 aromatic heterocycles. The fraction of sp³-hybridized carbons (Fsp3) is 0.944. The van der Waals surface area contributed by atoms with Crippen LogP contribution in [-0.4, -0.2) is 50.3 Å². The topological polar surface area (TPSA) is 36.9 Å². The normalized spacial score (nSPS) is 27.5. The SMILES string of the molecule is CCNC(=NCC1(C)CCCC1)N1CCC2(CCOCC2)C1. The summed E-state index contributed by atoms with van der Waals surface area (Å²) >= 11 is 0. The number of hydrogen-bond acceptors (Lipinski definition) is 2. The van der Waals surface area contributed by atoms with E-state index in [0.29, 0.717) is 10.8 Å². The van der Waals surface area contributed by atoms with Crippen LogP contribution in [0.5, 0.6) is 0 Å². The second-order valence-corrected chi connectivity index (χ2v) is 7.97. The van der Waals surface area contributed by atoms with Crippen LogP contribution in [0.1, 0.15) is 58.8 Å². The van der Waals surface area contributed by atoms with Crippen LogP contribution in [0, 0.1) is 10.8 Å². The van der Waals surface area contributed by atoms with Gasteiger partial charge in [0.25, 0.3) is 0 Å². The molecule has 4 heteroatoms. The highest BCUT2D eigenvalue weighted by Crippen LogP contribution is 2.40. The summed E-state index contributed by atoms with van der Waals surface area (Å²) in [5.74, 6) is 1.15. The van der Waals surface area contributed by atoms with Gasteiger partial charge in [-0.25, -0.2) is 0 Å². The molecule has 126 valence electrons. The summed E-state index contributed by atoms with van der Waals surface area (Å²) in [6.45, 7) is 10.7. The van der Waals surface area contributed by atoms with Gasteiger partial charge in [0, 0.05) is 39.4 Å². The van der Waals surface area contributed by atoms with Gasteiger partial charge in [-0.2, -0.15) is 0 Å². The van der Waals surface area contributed by atoms with Gasteiger partial charge in [0.15, 0.2) is 5.96 Å². The second kappa shape index (κ2) is 6.77. The van der Waals surface area contributed by atoms with Gasteiger partial charge in [0.05, 0.1) is 0 Å². The molecule has 0 radical (unpaired) electrons. The highest BCUT2D eigenvalue weighted by Gasteiger charge is 2.40. The molecule has 0 bridgehead atoms. The largest absolute Gasteiger partial charge is 0.381 e. The molecule has 2 heterocycles. The molecular formula is C18H33N3O. The van der Waals surface area contributed by atoms with E-state index in [2.05, 4.69) is 24.1 Å². The molecular weight excluding hydrogens is 274 g/mol. The minimum Gasteiger partial charge on any atom is -0.381 e. The maximum absolute atomic E-state index is 5.56. The molecule has 1 N–H and O–H groups in total. The summed E-state index contributed by atoms with van der Waals surface area (Å²) < 4.78 is 5.56. The van der Waals surface area contributed by atoms with E-state index in [1.54, 1.807) is 0 Å². The third-order valence-electron chi connectivity index (χ3n) is 6.05. The van der Waals surface area contributed by atoms with Crippen molar-refractivity contribution in [3.8, 4) is 0 Å². The van der Waals surface area contributed by atoms with Crippen molar-refractivity contribution in [2.45, 2.75) is 58.8 Å². The van der Waals surface area contributed by atoms with Crippen molar-refractivity contribution >= 4 is 5.96 Å². The number of ether oxygens (including phenoxy) is 1. The number of guanidine groups is 1. The first kappa shape index (κ1) is 16.1. The van der Waals surface area contributed by atoms with Crippen LogP contribution >= 0.6 is 0 Å². The summed E-state index contributed by atoms with van der Waals surface area (Å²) in [5.41, 5.74) is 0.933. The van der Waals surface area contributed by atoms with Crippen molar-refractivity contribution < 1.29 is 4.74 Å². The predicted octanol–water partition coefficient (Wildman–Crippen LogP) is 3.03. The molecule has 0 amide bonds. The summed E-state index contributed by atoms with van der Waals surface area (Å²) in [5, 5.41) is 3.53. The Bertz CT molecular complexity index is 395. The molecule has 0 atom stereocenters. The van der Waals surface area contributed by atoms with E-state index in [4.69, 9.17) is 9.73 Å². The minimum absolute atomic E-state index is 0.441. The molecule has 1 saturated carbocycles. The average molecular weight is 307 g/mol. The number of nitrogens with zero attached hydrogens (tertiary/aromatic N) is 2. The van der Waals surface area contributed by atoms with E-state index in [1.807, 2.05) is 0 Å². The number of likely N-dealkylation sites (tertiary alicyclic amines) is 1. The zero-order chi connectivity index (χ0) is 15.5. The molecule has 0 aromatic rings. The maximum atomic E-state index is 5.56. The third-order valence-corrected chi connectivity index (χ3v) is 6.05. The molecule has 3 aliphatic rings. The Morgan fingerprint density at radius 1 is 1.14 bits per heavy atom. The van der Waals surface area contributed by atoms with Crippen molar-refractivity contribution in [1.29, 1.82) is 0 Å². The highest BCUT2D eigenvalue weighted by molar-refractivity contribution is 5.80. The summed E-state index contributed by atoms with van der Waals surface area (Å²) in [4.78, 5) is 7.53. The number of rotatable bonds is 3. The van der Waals surface area contributed by atoms with E-state index in [0.717, 1.165) is 38.8 Å². The van der Waals surface area contributed by atoms with E-state index in [1.165, 1.54) is 51.5 Å². The van der Waals surface area contributed by atoms with Crippen LogP contribution in [0.2, 0.25) is 0 Å². The van der Waals surface area contributed by atoms with Gasteiger partial charge in [-0.1, -0.05) is 19.8 Å². The molecule has 0 aromatic carbocycles. The smallest absolute Gasteiger partial charge is 0.193 e. The molecule has 3 fully saturated rings. The van der Waals surface area contributed by atoms with Crippen LogP contribution in [0.25, 0.3) is 0 Å². The first-order valence-corrected chi connectivity index (χ1v) is 9.26. The van der Waals surface area contributed by atoms with E-state index >= 15 is 0 Å². The average Bonchev–Trinajstić information content (AvgIpc) is 3.12. The summed E-state index contributed by atoms with van der Waals surface area (Å²) in [6.07, 6.45) is 9.21. The van der Waals surface area contributed by atoms with E-state index in [-0.39, 0.29) is 0 Å². The summed E-state index contributed by atoms with van der Waals surface area (Å²) in [7, 11) is 0. The molecule has 3 rings (SSSR count). The number of aliphatic imine (C=N–C) groups is 1. The van der Waals surface area contributed by atoms with Gasteiger partial charge >= 0.3 is 0 Å². The first-order chi connectivity index (χ1) is 10.6. The van der Waals surface area contributed by atoms with Crippen molar-refractivity contribution in [1.82, 2.24) is 10.2 Å². The molecule has 2 aliphatic heterocycles. The van der Waals surface area contributed by atoms with Crippen LogP contribution in [0.3, 0.4) is 0 Å². The zero-order valence-corrected chi connectivity index (χ0v) is 14.5. The Morgan fingerprint density at radius 2 is 1.86 bits per heavy atom. The van der Waals surface area contributed by atoms with Crippen LogP contribution in [-0.2, 0) is 4.74 Å². The molecule has 1 spiro atoms. The van der Waals surface area contributed by atoms with Crippen molar-refractivity contribution in [3.05, 3.63) is 0 Å². The van der Waals surface area contributed by atoms with Crippen molar-refractivity contribution in [3.63, 3.8) is 0 Å². The van der Waals surface area contributed by atoms with Gasteiger partial charge in [0.1, 0.15) is 0 Å². The third kappa shape index (κ3) is 3.58. The maximum Gasteiger partial charge on any atom is 0.193 e. The minimum atomic E-state index is 0.441. The quantitative estimate of drug-likeness (QED) is 0.643. The zero-order valence-electron chi connectivity index (χ0n) is 14.5. The lowest BCUT2D eigenvalue weighted by molar-refractivity contribution is 0.0217. The Morgan fingerprint density at radius 3 is 2.55 bits per heavy atom. The Kier molecular flexibility index (Phi) is 4.96. The monoisotopic (exact) mass is 307 g/mol. The Balaban J connectivity index is 1.63. The summed E-state index contributed by atoms with van der Waals surface area (Å²) in [6, 6.07) is 0. The number of hydrogen-bond donors (Lipinski definition) is 1. The van der Waals surface area contributed by atoms with E-state index in [9.17, 15) is 0 Å². The van der Waals surface area contributed by atoms with Crippen LogP contribution in [0.15, 0.2) is 4.99 Å². The molecule has 2 saturated heterocycles. The lowest BCUT2D eigenvalue weighted by Gasteiger charge is -2.33. The lowest BCUT2D eigenvalue weighted by atomic mass is 9.80. The lowest BCUT2D eigenvalue weighted by Crippen LogP contribution is -2.42.